The number of rotatable bonds is 4. The summed E-state index contributed by atoms with van der Waals surface area (Å²) < 4.78 is 10.5. The first-order chi connectivity index (χ1) is 12.1. The van der Waals surface area contributed by atoms with Crippen molar-refractivity contribution < 1.29 is 14.3 Å². The summed E-state index contributed by atoms with van der Waals surface area (Å²) in [6.07, 6.45) is 1.68. The van der Waals surface area contributed by atoms with E-state index in [4.69, 9.17) is 9.47 Å². The number of aryl methyl sites for hydroxylation is 1. The lowest BCUT2D eigenvalue weighted by Gasteiger charge is -2.35. The average Bonchev–Trinajstić information content (AvgIpc) is 2.67. The molecule has 1 aliphatic rings. The lowest BCUT2D eigenvalue weighted by molar-refractivity contribution is 0.0742. The van der Waals surface area contributed by atoms with Crippen molar-refractivity contribution in [2.45, 2.75) is 6.92 Å². The van der Waals surface area contributed by atoms with Gasteiger partial charge in [0.25, 0.3) is 5.91 Å². The molecule has 0 radical (unpaired) electrons. The number of anilines is 1. The Morgan fingerprint density at radius 1 is 1.08 bits per heavy atom. The van der Waals surface area contributed by atoms with Gasteiger partial charge in [-0.05, 0) is 19.1 Å². The molecular weight excluding hydrogens is 320 g/mol. The molecule has 0 bridgehead atoms. The van der Waals surface area contributed by atoms with Gasteiger partial charge in [0, 0.05) is 38.4 Å². The summed E-state index contributed by atoms with van der Waals surface area (Å²) in [5.41, 5.74) is 1.64. The fourth-order valence-electron chi connectivity index (χ4n) is 2.87. The van der Waals surface area contributed by atoms with Gasteiger partial charge in [-0.15, -0.1) is 0 Å². The van der Waals surface area contributed by atoms with Crippen LogP contribution in [0.2, 0.25) is 0 Å². The number of ether oxygens (including phenoxy) is 2. The van der Waals surface area contributed by atoms with E-state index in [-0.39, 0.29) is 5.91 Å². The zero-order chi connectivity index (χ0) is 17.8. The number of aromatic nitrogens is 2. The second-order valence-corrected chi connectivity index (χ2v) is 5.88. The SMILES string of the molecule is COc1ccnc(N2CCN(C(=O)c3cc(C)ccc3OC)CC2)n1. The smallest absolute Gasteiger partial charge is 0.257 e. The van der Waals surface area contributed by atoms with Crippen LogP contribution in [0.3, 0.4) is 0 Å². The molecule has 25 heavy (non-hydrogen) atoms. The highest BCUT2D eigenvalue weighted by atomic mass is 16.5. The molecular formula is C18H22N4O3. The number of hydrogen-bond acceptors (Lipinski definition) is 6. The molecule has 0 N–H and O–H groups in total. The number of hydrogen-bond donors (Lipinski definition) is 0. The maximum atomic E-state index is 12.9. The fraction of sp³-hybridized carbons (Fsp3) is 0.389. The standard InChI is InChI=1S/C18H22N4O3/c1-13-4-5-15(24-2)14(12-13)17(23)21-8-10-22(11-9-21)18-19-7-6-16(20-18)25-3/h4-7,12H,8-11H2,1-3H3. The Balaban J connectivity index is 1.69. The second-order valence-electron chi connectivity index (χ2n) is 5.88. The van der Waals surface area contributed by atoms with Crippen molar-refractivity contribution in [3.05, 3.63) is 41.6 Å². The topological polar surface area (TPSA) is 67.8 Å². The van der Waals surface area contributed by atoms with Crippen molar-refractivity contribution in [1.82, 2.24) is 14.9 Å². The molecule has 7 nitrogen and oxygen atoms in total. The van der Waals surface area contributed by atoms with Gasteiger partial charge in [0.15, 0.2) is 0 Å². The lowest BCUT2D eigenvalue weighted by Crippen LogP contribution is -2.49. The molecule has 2 aromatic rings. The van der Waals surface area contributed by atoms with E-state index in [2.05, 4.69) is 14.9 Å². The Bertz CT molecular complexity index is 758. The van der Waals surface area contributed by atoms with E-state index in [0.29, 0.717) is 49.3 Å². The summed E-state index contributed by atoms with van der Waals surface area (Å²) in [6, 6.07) is 7.36. The Morgan fingerprint density at radius 2 is 1.84 bits per heavy atom. The normalized spacial score (nSPS) is 14.4. The number of amides is 1. The molecule has 1 amide bonds. The highest BCUT2D eigenvalue weighted by Crippen LogP contribution is 2.23. The van der Waals surface area contributed by atoms with Gasteiger partial charge >= 0.3 is 0 Å². The third-order valence-corrected chi connectivity index (χ3v) is 4.26. The van der Waals surface area contributed by atoms with Crippen LogP contribution in [0.25, 0.3) is 0 Å². The Hall–Kier alpha value is -2.83. The quantitative estimate of drug-likeness (QED) is 0.843. The minimum atomic E-state index is -0.00763. The van der Waals surface area contributed by atoms with Crippen LogP contribution in [-0.4, -0.2) is 61.2 Å². The van der Waals surface area contributed by atoms with Crippen molar-refractivity contribution in [2.75, 3.05) is 45.3 Å². The Kier molecular flexibility index (Phi) is 5.02. The van der Waals surface area contributed by atoms with Gasteiger partial charge in [-0.1, -0.05) is 11.6 Å². The molecule has 1 saturated heterocycles. The van der Waals surface area contributed by atoms with Gasteiger partial charge in [-0.25, -0.2) is 4.98 Å². The van der Waals surface area contributed by atoms with E-state index in [1.807, 2.05) is 30.0 Å². The Labute approximate surface area is 147 Å². The number of carbonyl (C=O) groups is 1. The summed E-state index contributed by atoms with van der Waals surface area (Å²) in [6.45, 7) is 4.53. The molecule has 0 spiro atoms. The fourth-order valence-corrected chi connectivity index (χ4v) is 2.87. The van der Waals surface area contributed by atoms with Crippen LogP contribution in [0.15, 0.2) is 30.5 Å². The van der Waals surface area contributed by atoms with Crippen LogP contribution < -0.4 is 14.4 Å². The lowest BCUT2D eigenvalue weighted by atomic mass is 10.1. The monoisotopic (exact) mass is 342 g/mol. The number of piperazine rings is 1. The van der Waals surface area contributed by atoms with E-state index < -0.39 is 0 Å². The van der Waals surface area contributed by atoms with Gasteiger partial charge in [0.05, 0.1) is 19.8 Å². The molecule has 0 aliphatic carbocycles. The first-order valence-corrected chi connectivity index (χ1v) is 8.18. The number of carbonyl (C=O) groups excluding carboxylic acids is 1. The van der Waals surface area contributed by atoms with Crippen molar-refractivity contribution in [2.24, 2.45) is 0 Å². The van der Waals surface area contributed by atoms with Crippen LogP contribution in [0, 0.1) is 6.92 Å². The van der Waals surface area contributed by atoms with E-state index in [1.165, 1.54) is 0 Å². The summed E-state index contributed by atoms with van der Waals surface area (Å²) in [5.74, 6) is 1.76. The van der Waals surface area contributed by atoms with Crippen molar-refractivity contribution in [1.29, 1.82) is 0 Å². The number of methoxy groups -OCH3 is 2. The summed E-state index contributed by atoms with van der Waals surface area (Å²) in [4.78, 5) is 25.4. The third kappa shape index (κ3) is 3.65. The molecule has 0 unspecified atom stereocenters. The van der Waals surface area contributed by atoms with Crippen molar-refractivity contribution >= 4 is 11.9 Å². The van der Waals surface area contributed by atoms with Gasteiger partial charge < -0.3 is 19.3 Å². The maximum absolute atomic E-state index is 12.9. The van der Waals surface area contributed by atoms with Crippen molar-refractivity contribution in [3.8, 4) is 11.6 Å². The van der Waals surface area contributed by atoms with E-state index in [0.717, 1.165) is 5.56 Å². The molecule has 1 aliphatic heterocycles. The van der Waals surface area contributed by atoms with E-state index >= 15 is 0 Å². The maximum Gasteiger partial charge on any atom is 0.257 e. The third-order valence-electron chi connectivity index (χ3n) is 4.26. The van der Waals surface area contributed by atoms with Crippen LogP contribution in [0.5, 0.6) is 11.6 Å². The van der Waals surface area contributed by atoms with Crippen LogP contribution in [0.4, 0.5) is 5.95 Å². The van der Waals surface area contributed by atoms with Gasteiger partial charge in [-0.2, -0.15) is 4.98 Å². The van der Waals surface area contributed by atoms with Gasteiger partial charge in [-0.3, -0.25) is 4.79 Å². The highest BCUT2D eigenvalue weighted by Gasteiger charge is 2.25. The zero-order valence-corrected chi connectivity index (χ0v) is 14.7. The number of benzene rings is 1. The number of nitrogens with zero attached hydrogens (tertiary/aromatic N) is 4. The molecule has 1 aromatic heterocycles. The molecule has 2 heterocycles. The molecule has 0 atom stereocenters. The van der Waals surface area contributed by atoms with Gasteiger partial charge in [0.2, 0.25) is 11.8 Å². The Morgan fingerprint density at radius 3 is 2.52 bits per heavy atom. The molecule has 7 heteroatoms. The van der Waals surface area contributed by atoms with E-state index in [1.54, 1.807) is 26.5 Å². The predicted molar refractivity (Wildman–Crippen MR) is 94.4 cm³/mol. The predicted octanol–water partition coefficient (Wildman–Crippen LogP) is 1.76. The first-order valence-electron chi connectivity index (χ1n) is 8.18. The van der Waals surface area contributed by atoms with Crippen LogP contribution >= 0.6 is 0 Å². The summed E-state index contributed by atoms with van der Waals surface area (Å²) in [7, 11) is 3.16. The highest BCUT2D eigenvalue weighted by molar-refractivity contribution is 5.97. The molecule has 1 fully saturated rings. The van der Waals surface area contributed by atoms with Crippen molar-refractivity contribution in [3.63, 3.8) is 0 Å². The van der Waals surface area contributed by atoms with Crippen LogP contribution in [-0.2, 0) is 0 Å². The second kappa shape index (κ2) is 7.38. The minimum absolute atomic E-state index is 0.00763. The molecule has 0 saturated carbocycles. The summed E-state index contributed by atoms with van der Waals surface area (Å²) >= 11 is 0. The molecule has 3 rings (SSSR count). The molecule has 1 aromatic carbocycles. The first kappa shape index (κ1) is 17.0. The van der Waals surface area contributed by atoms with E-state index in [9.17, 15) is 4.79 Å². The molecule has 132 valence electrons. The largest absolute Gasteiger partial charge is 0.496 e. The minimum Gasteiger partial charge on any atom is -0.496 e. The average molecular weight is 342 g/mol. The summed E-state index contributed by atoms with van der Waals surface area (Å²) in [5, 5.41) is 0. The van der Waals surface area contributed by atoms with Crippen LogP contribution in [0.1, 0.15) is 15.9 Å². The van der Waals surface area contributed by atoms with Gasteiger partial charge in [0.1, 0.15) is 5.75 Å². The zero-order valence-electron chi connectivity index (χ0n) is 14.7.